The fraction of sp³-hybridized carbons (Fsp3) is 0.710. The average molecular weight is 597 g/mol. The molecule has 0 aliphatic carbocycles. The summed E-state index contributed by atoms with van der Waals surface area (Å²) in [6.07, 6.45) is -1.06. The van der Waals surface area contributed by atoms with Crippen LogP contribution in [0.3, 0.4) is 0 Å². The molecule has 232 valence electrons. The smallest absolute Gasteiger partial charge is 0.311 e. The molecule has 1 unspecified atom stereocenters. The minimum absolute atomic E-state index is 0.104. The molecular formula is C31H48O9S. The first kappa shape index (κ1) is 33.7. The van der Waals surface area contributed by atoms with E-state index in [0.29, 0.717) is 25.9 Å². The third-order valence-corrected chi connectivity index (χ3v) is 10.1. The van der Waals surface area contributed by atoms with Gasteiger partial charge in [-0.05, 0) is 56.7 Å². The molecule has 8 atom stereocenters. The summed E-state index contributed by atoms with van der Waals surface area (Å²) in [5.74, 6) is -0.886. The minimum atomic E-state index is -3.68. The lowest BCUT2D eigenvalue weighted by Gasteiger charge is -2.40. The molecular weight excluding hydrogens is 548 g/mol. The number of ether oxygens (including phenoxy) is 4. The maximum absolute atomic E-state index is 13.4. The van der Waals surface area contributed by atoms with E-state index in [1.54, 1.807) is 30.3 Å². The van der Waals surface area contributed by atoms with E-state index in [9.17, 15) is 23.4 Å². The van der Waals surface area contributed by atoms with E-state index in [1.807, 2.05) is 20.8 Å². The summed E-state index contributed by atoms with van der Waals surface area (Å²) in [6.45, 7) is 12.0. The monoisotopic (exact) mass is 596 g/mol. The van der Waals surface area contributed by atoms with Gasteiger partial charge in [0.15, 0.2) is 9.84 Å². The zero-order valence-corrected chi connectivity index (χ0v) is 25.8. The molecule has 2 saturated heterocycles. The number of carbonyl (C=O) groups excluding carboxylic acids is 1. The Balaban J connectivity index is 1.83. The third-order valence-electron chi connectivity index (χ3n) is 8.31. The Hall–Kier alpha value is -1.82. The lowest BCUT2D eigenvalue weighted by atomic mass is 9.79. The van der Waals surface area contributed by atoms with Gasteiger partial charge in [-0.3, -0.25) is 4.79 Å². The molecule has 2 N–H and O–H groups in total. The summed E-state index contributed by atoms with van der Waals surface area (Å²) in [4.78, 5) is 12.9. The molecule has 2 fully saturated rings. The molecule has 0 spiro atoms. The van der Waals surface area contributed by atoms with Crippen molar-refractivity contribution in [3.05, 3.63) is 42.5 Å². The molecule has 41 heavy (non-hydrogen) atoms. The number of esters is 1. The third kappa shape index (κ3) is 8.61. The van der Waals surface area contributed by atoms with Gasteiger partial charge in [-0.2, -0.15) is 0 Å². The molecule has 2 heterocycles. The summed E-state index contributed by atoms with van der Waals surface area (Å²) in [7, 11) is -2.18. The van der Waals surface area contributed by atoms with E-state index in [-0.39, 0.29) is 35.1 Å². The molecule has 1 aromatic carbocycles. The van der Waals surface area contributed by atoms with Gasteiger partial charge in [0.2, 0.25) is 0 Å². The molecule has 0 saturated carbocycles. The van der Waals surface area contributed by atoms with Crippen LogP contribution in [0.1, 0.15) is 59.8 Å². The van der Waals surface area contributed by atoms with Crippen LogP contribution in [0.4, 0.5) is 0 Å². The molecule has 10 heteroatoms. The number of methoxy groups -OCH3 is 1. The zero-order chi connectivity index (χ0) is 30.4. The van der Waals surface area contributed by atoms with Crippen molar-refractivity contribution < 1.29 is 42.4 Å². The van der Waals surface area contributed by atoms with Crippen molar-refractivity contribution in [2.45, 2.75) is 101 Å². The van der Waals surface area contributed by atoms with Crippen molar-refractivity contribution in [1.29, 1.82) is 0 Å². The molecule has 3 rings (SSSR count). The van der Waals surface area contributed by atoms with Gasteiger partial charge >= 0.3 is 5.97 Å². The number of aliphatic hydroxyl groups is 2. The quantitative estimate of drug-likeness (QED) is 0.244. The minimum Gasteiger partial charge on any atom is -0.465 e. The summed E-state index contributed by atoms with van der Waals surface area (Å²) in [5, 5.41) is 19.6. The van der Waals surface area contributed by atoms with Crippen LogP contribution < -0.4 is 0 Å². The van der Waals surface area contributed by atoms with Crippen LogP contribution in [0.25, 0.3) is 0 Å². The van der Waals surface area contributed by atoms with Gasteiger partial charge in [0.05, 0.1) is 65.9 Å². The molecule has 0 aromatic heterocycles. The van der Waals surface area contributed by atoms with Gasteiger partial charge in [0.1, 0.15) is 0 Å². The Bertz CT molecular complexity index is 1100. The van der Waals surface area contributed by atoms with E-state index in [2.05, 4.69) is 13.5 Å². The van der Waals surface area contributed by atoms with E-state index in [1.165, 1.54) is 7.11 Å². The van der Waals surface area contributed by atoms with E-state index in [4.69, 9.17) is 18.9 Å². The van der Waals surface area contributed by atoms with Crippen LogP contribution in [0.2, 0.25) is 0 Å². The van der Waals surface area contributed by atoms with Crippen LogP contribution in [0, 0.1) is 17.3 Å². The second-order valence-corrected chi connectivity index (χ2v) is 14.2. The molecule has 2 aliphatic rings. The summed E-state index contributed by atoms with van der Waals surface area (Å²) < 4.78 is 51.0. The van der Waals surface area contributed by atoms with E-state index in [0.717, 1.165) is 12.0 Å². The Morgan fingerprint density at radius 2 is 1.88 bits per heavy atom. The highest BCUT2D eigenvalue weighted by Crippen LogP contribution is 2.41. The van der Waals surface area contributed by atoms with Crippen molar-refractivity contribution in [3.8, 4) is 0 Å². The first-order valence-electron chi connectivity index (χ1n) is 14.6. The number of rotatable bonds is 14. The van der Waals surface area contributed by atoms with Gasteiger partial charge in [0.25, 0.3) is 0 Å². The van der Waals surface area contributed by atoms with E-state index >= 15 is 0 Å². The van der Waals surface area contributed by atoms with Gasteiger partial charge in [-0.15, -0.1) is 0 Å². The number of hydrogen-bond donors (Lipinski definition) is 2. The Morgan fingerprint density at radius 1 is 1.20 bits per heavy atom. The maximum Gasteiger partial charge on any atom is 0.311 e. The van der Waals surface area contributed by atoms with Crippen molar-refractivity contribution in [2.75, 3.05) is 26.1 Å². The molecule has 2 aliphatic heterocycles. The van der Waals surface area contributed by atoms with Crippen molar-refractivity contribution in [2.24, 2.45) is 17.3 Å². The average Bonchev–Trinajstić information content (AvgIpc) is 3.24. The molecule has 0 amide bonds. The first-order valence-corrected chi connectivity index (χ1v) is 16.2. The van der Waals surface area contributed by atoms with Crippen molar-refractivity contribution in [3.63, 3.8) is 0 Å². The Morgan fingerprint density at radius 3 is 2.49 bits per heavy atom. The van der Waals surface area contributed by atoms with Gasteiger partial charge in [-0.25, -0.2) is 8.42 Å². The highest BCUT2D eigenvalue weighted by Gasteiger charge is 2.49. The number of benzene rings is 1. The second-order valence-electron chi connectivity index (χ2n) is 12.2. The standard InChI is InChI=1S/C31H48O9S/c1-7-13-38-30(34)31(4,5)17-23-14-20(2)21(3)26(39-23)16-27-25(19-41(35,36)24-11-9-8-10-12-24)29(37-6)28(40-27)15-22(33)18-32/h8-12,20,22-23,25-29,32-33H,3,7,13-19H2,1-2,4-6H3/t20-,22?,23+,25+,26-,27+,28-,29-/m1/s1. The van der Waals surface area contributed by atoms with Crippen LogP contribution in [0.15, 0.2) is 47.4 Å². The number of hydrogen-bond acceptors (Lipinski definition) is 9. The Kier molecular flexibility index (Phi) is 12.0. The van der Waals surface area contributed by atoms with Gasteiger partial charge in [-0.1, -0.05) is 38.6 Å². The van der Waals surface area contributed by atoms with Gasteiger partial charge in [0, 0.05) is 25.9 Å². The summed E-state index contributed by atoms with van der Waals surface area (Å²) >= 11 is 0. The lowest BCUT2D eigenvalue weighted by Crippen LogP contribution is -2.42. The van der Waals surface area contributed by atoms with Crippen LogP contribution in [-0.2, 0) is 33.6 Å². The van der Waals surface area contributed by atoms with Crippen LogP contribution >= 0.6 is 0 Å². The number of carbonyl (C=O) groups is 1. The lowest BCUT2D eigenvalue weighted by molar-refractivity contribution is -0.158. The molecule has 0 radical (unpaired) electrons. The van der Waals surface area contributed by atoms with Crippen molar-refractivity contribution >= 4 is 15.8 Å². The van der Waals surface area contributed by atoms with Crippen LogP contribution in [0.5, 0.6) is 0 Å². The largest absolute Gasteiger partial charge is 0.465 e. The normalized spacial score (nSPS) is 29.8. The topological polar surface area (TPSA) is 129 Å². The predicted octanol–water partition coefficient (Wildman–Crippen LogP) is 3.71. The predicted molar refractivity (Wildman–Crippen MR) is 155 cm³/mol. The van der Waals surface area contributed by atoms with Gasteiger partial charge < -0.3 is 29.2 Å². The fourth-order valence-corrected chi connectivity index (χ4v) is 7.66. The molecule has 1 aromatic rings. The number of sulfone groups is 1. The van der Waals surface area contributed by atoms with E-state index < -0.39 is 58.3 Å². The highest BCUT2D eigenvalue weighted by molar-refractivity contribution is 7.91. The van der Waals surface area contributed by atoms with Crippen molar-refractivity contribution in [1.82, 2.24) is 0 Å². The zero-order valence-electron chi connectivity index (χ0n) is 25.0. The first-order chi connectivity index (χ1) is 19.3. The highest BCUT2D eigenvalue weighted by atomic mass is 32.2. The second kappa shape index (κ2) is 14.6. The summed E-state index contributed by atoms with van der Waals surface area (Å²) in [6, 6.07) is 8.27. The Labute approximate surface area is 245 Å². The summed E-state index contributed by atoms with van der Waals surface area (Å²) in [5.41, 5.74) is 0.166. The SMILES string of the molecule is C=C1[C@H](C)C[C@@H](CC(C)(C)C(=O)OCCC)O[C@@H]1C[C@@H]1O[C@H](CC(O)CO)[C@H](OC)[C@H]1CS(=O)(=O)c1ccccc1. The fourth-order valence-electron chi connectivity index (χ4n) is 5.99. The van der Waals surface area contributed by atoms with Crippen LogP contribution in [-0.4, -0.2) is 87.3 Å². The maximum atomic E-state index is 13.4. The number of aliphatic hydroxyl groups excluding tert-OH is 2. The molecule has 9 nitrogen and oxygen atoms in total. The molecule has 0 bridgehead atoms.